The Labute approximate surface area is 136 Å². The highest BCUT2D eigenvalue weighted by molar-refractivity contribution is 5.75. The number of aromatic amines is 1. The largest absolute Gasteiger partial charge is 0.331 e. The minimum atomic E-state index is -0.0122. The van der Waals surface area contributed by atoms with Gasteiger partial charge >= 0.3 is 6.03 Å². The summed E-state index contributed by atoms with van der Waals surface area (Å²) in [5.74, 6) is 0. The number of carbonyl (C=O) groups is 1. The minimum Gasteiger partial charge on any atom is -0.331 e. The summed E-state index contributed by atoms with van der Waals surface area (Å²) in [5, 5.41) is 10.2. The third kappa shape index (κ3) is 3.70. The first kappa shape index (κ1) is 15.5. The molecule has 0 radical (unpaired) electrons. The van der Waals surface area contributed by atoms with Gasteiger partial charge in [-0.3, -0.25) is 10.1 Å². The monoisotopic (exact) mass is 313 g/mol. The Morgan fingerprint density at radius 3 is 3.17 bits per heavy atom. The minimum absolute atomic E-state index is 0.0122. The molecule has 0 saturated carbocycles. The molecule has 0 saturated heterocycles. The summed E-state index contributed by atoms with van der Waals surface area (Å²) in [7, 11) is 0. The average molecular weight is 313 g/mol. The highest BCUT2D eigenvalue weighted by Crippen LogP contribution is 2.21. The van der Waals surface area contributed by atoms with Gasteiger partial charge < -0.3 is 10.2 Å². The van der Waals surface area contributed by atoms with E-state index in [9.17, 15) is 4.79 Å². The number of rotatable bonds is 5. The van der Waals surface area contributed by atoms with Gasteiger partial charge in [-0.05, 0) is 18.1 Å². The number of unbranched alkanes of at least 4 members (excludes halogenated alkanes) is 1. The number of nitrogens with zero attached hydrogens (tertiary/aromatic N) is 3. The van der Waals surface area contributed by atoms with Crippen LogP contribution in [0.3, 0.4) is 0 Å². The molecule has 2 N–H and O–H groups in total. The molecule has 0 aromatic carbocycles. The Kier molecular flexibility index (Phi) is 4.90. The predicted octanol–water partition coefficient (Wildman–Crippen LogP) is 2.80. The Hall–Kier alpha value is -2.37. The Morgan fingerprint density at radius 2 is 2.39 bits per heavy atom. The molecule has 6 nitrogen and oxygen atoms in total. The highest BCUT2D eigenvalue weighted by atomic mass is 16.2. The first-order valence-corrected chi connectivity index (χ1v) is 8.24. The molecule has 1 unspecified atom stereocenters. The van der Waals surface area contributed by atoms with E-state index in [1.807, 2.05) is 29.4 Å². The number of urea groups is 1. The zero-order chi connectivity index (χ0) is 16.1. The lowest BCUT2D eigenvalue weighted by Gasteiger charge is -2.29. The molecule has 2 aromatic heterocycles. The maximum Gasteiger partial charge on any atom is 0.318 e. The van der Waals surface area contributed by atoms with E-state index in [1.165, 1.54) is 0 Å². The third-order valence-corrected chi connectivity index (χ3v) is 4.32. The molecule has 0 fully saturated rings. The van der Waals surface area contributed by atoms with Gasteiger partial charge in [0.15, 0.2) is 0 Å². The molecule has 6 heteroatoms. The van der Waals surface area contributed by atoms with Crippen molar-refractivity contribution in [1.29, 1.82) is 0 Å². The second-order valence-corrected chi connectivity index (χ2v) is 5.98. The second kappa shape index (κ2) is 7.26. The summed E-state index contributed by atoms with van der Waals surface area (Å²) < 4.78 is 0. The molecule has 1 aliphatic heterocycles. The van der Waals surface area contributed by atoms with Crippen LogP contribution in [0, 0.1) is 0 Å². The number of fused-ring (bicyclic) bond motifs is 1. The fraction of sp³-hybridized carbons (Fsp3) is 0.471. The molecule has 23 heavy (non-hydrogen) atoms. The Morgan fingerprint density at radius 1 is 1.48 bits per heavy atom. The maximum atomic E-state index is 12.6. The van der Waals surface area contributed by atoms with Crippen LogP contribution in [0.25, 0.3) is 0 Å². The maximum absolute atomic E-state index is 12.6. The summed E-state index contributed by atoms with van der Waals surface area (Å²) in [4.78, 5) is 18.7. The Balaban J connectivity index is 1.66. The van der Waals surface area contributed by atoms with Crippen LogP contribution >= 0.6 is 0 Å². The standard InChI is InChI=1S/C17H23N5O/c1-2-3-6-15(13-5-4-8-18-10-13)20-17(23)22-9-7-16-14(12-22)11-19-21-16/h4-5,8,10-11,15H,2-3,6-7,9,12H2,1H3,(H,19,21)(H,20,23). The van der Waals surface area contributed by atoms with E-state index in [4.69, 9.17) is 0 Å². The smallest absolute Gasteiger partial charge is 0.318 e. The zero-order valence-electron chi connectivity index (χ0n) is 13.5. The van der Waals surface area contributed by atoms with E-state index >= 15 is 0 Å². The van der Waals surface area contributed by atoms with Crippen LogP contribution in [-0.2, 0) is 13.0 Å². The number of nitrogens with one attached hydrogen (secondary N) is 2. The number of hydrogen-bond acceptors (Lipinski definition) is 3. The van der Waals surface area contributed by atoms with E-state index in [0.717, 1.165) is 42.5 Å². The molecule has 0 spiro atoms. The van der Waals surface area contributed by atoms with Crippen LogP contribution < -0.4 is 5.32 Å². The van der Waals surface area contributed by atoms with Crippen molar-refractivity contribution in [2.45, 2.75) is 45.2 Å². The first-order chi connectivity index (χ1) is 11.3. The topological polar surface area (TPSA) is 73.9 Å². The van der Waals surface area contributed by atoms with Gasteiger partial charge in [0.05, 0.1) is 18.8 Å². The lowest BCUT2D eigenvalue weighted by Crippen LogP contribution is -2.44. The van der Waals surface area contributed by atoms with Gasteiger partial charge in [-0.2, -0.15) is 5.10 Å². The van der Waals surface area contributed by atoms with E-state index in [1.54, 1.807) is 6.20 Å². The van der Waals surface area contributed by atoms with Crippen LogP contribution in [0.1, 0.15) is 49.0 Å². The van der Waals surface area contributed by atoms with Crippen molar-refractivity contribution in [1.82, 2.24) is 25.4 Å². The van der Waals surface area contributed by atoms with Gasteiger partial charge in [-0.25, -0.2) is 4.79 Å². The van der Waals surface area contributed by atoms with Crippen molar-refractivity contribution >= 4 is 6.03 Å². The van der Waals surface area contributed by atoms with E-state index < -0.39 is 0 Å². The number of carbonyl (C=O) groups excluding carboxylic acids is 1. The Bertz CT molecular complexity index is 639. The van der Waals surface area contributed by atoms with Gasteiger partial charge in [-0.15, -0.1) is 0 Å². The number of pyridine rings is 1. The molecule has 3 heterocycles. The molecule has 1 aliphatic rings. The number of amides is 2. The molecule has 3 rings (SSSR count). The van der Waals surface area contributed by atoms with Crippen molar-refractivity contribution < 1.29 is 4.79 Å². The van der Waals surface area contributed by atoms with Crippen LogP contribution in [0.5, 0.6) is 0 Å². The predicted molar refractivity (Wildman–Crippen MR) is 87.7 cm³/mol. The molecular formula is C17H23N5O. The van der Waals surface area contributed by atoms with Gasteiger partial charge in [0.25, 0.3) is 0 Å². The lowest BCUT2D eigenvalue weighted by molar-refractivity contribution is 0.187. The average Bonchev–Trinajstić information content (AvgIpc) is 3.06. The fourth-order valence-electron chi connectivity index (χ4n) is 2.95. The van der Waals surface area contributed by atoms with E-state index in [0.29, 0.717) is 13.1 Å². The van der Waals surface area contributed by atoms with E-state index in [-0.39, 0.29) is 12.1 Å². The van der Waals surface area contributed by atoms with E-state index in [2.05, 4.69) is 27.4 Å². The van der Waals surface area contributed by atoms with Gasteiger partial charge in [0.2, 0.25) is 0 Å². The molecule has 1 atom stereocenters. The van der Waals surface area contributed by atoms with Crippen molar-refractivity contribution in [2.24, 2.45) is 0 Å². The highest BCUT2D eigenvalue weighted by Gasteiger charge is 2.24. The summed E-state index contributed by atoms with van der Waals surface area (Å²) in [5.41, 5.74) is 3.32. The second-order valence-electron chi connectivity index (χ2n) is 5.98. The molecule has 2 aromatic rings. The zero-order valence-corrected chi connectivity index (χ0v) is 13.5. The first-order valence-electron chi connectivity index (χ1n) is 8.24. The quantitative estimate of drug-likeness (QED) is 0.891. The number of H-pyrrole nitrogens is 1. The van der Waals surface area contributed by atoms with Crippen LogP contribution in [0.4, 0.5) is 4.79 Å². The van der Waals surface area contributed by atoms with Crippen molar-refractivity contribution in [3.63, 3.8) is 0 Å². The molecular weight excluding hydrogens is 290 g/mol. The molecule has 0 aliphatic carbocycles. The van der Waals surface area contributed by atoms with Crippen molar-refractivity contribution in [3.8, 4) is 0 Å². The summed E-state index contributed by atoms with van der Waals surface area (Å²) in [6.07, 6.45) is 9.34. The number of hydrogen-bond donors (Lipinski definition) is 2. The third-order valence-electron chi connectivity index (χ3n) is 4.32. The van der Waals surface area contributed by atoms with Crippen molar-refractivity contribution in [2.75, 3.05) is 6.54 Å². The summed E-state index contributed by atoms with van der Waals surface area (Å²) in [6.45, 7) is 3.49. The summed E-state index contributed by atoms with van der Waals surface area (Å²) >= 11 is 0. The summed E-state index contributed by atoms with van der Waals surface area (Å²) in [6, 6.07) is 3.94. The molecule has 2 amide bonds. The van der Waals surface area contributed by atoms with Gasteiger partial charge in [-0.1, -0.05) is 25.8 Å². The van der Waals surface area contributed by atoms with Gasteiger partial charge in [0, 0.05) is 36.6 Å². The van der Waals surface area contributed by atoms with Crippen LogP contribution in [0.15, 0.2) is 30.7 Å². The SMILES string of the molecule is CCCCC(NC(=O)N1CCc2[nH]ncc2C1)c1cccnc1. The van der Waals surface area contributed by atoms with Gasteiger partial charge in [0.1, 0.15) is 0 Å². The lowest BCUT2D eigenvalue weighted by atomic mass is 10.0. The fourth-order valence-corrected chi connectivity index (χ4v) is 2.95. The van der Waals surface area contributed by atoms with Crippen LogP contribution in [0.2, 0.25) is 0 Å². The normalized spacial score (nSPS) is 15.1. The van der Waals surface area contributed by atoms with Crippen molar-refractivity contribution in [3.05, 3.63) is 47.5 Å². The number of aromatic nitrogens is 3. The molecule has 122 valence electrons. The molecule has 0 bridgehead atoms. The van der Waals surface area contributed by atoms with Crippen LogP contribution in [-0.4, -0.2) is 32.7 Å².